The van der Waals surface area contributed by atoms with E-state index in [1.807, 2.05) is 30.3 Å². The van der Waals surface area contributed by atoms with Crippen molar-refractivity contribution < 1.29 is 19.7 Å². The van der Waals surface area contributed by atoms with E-state index in [2.05, 4.69) is 6.58 Å². The fourth-order valence-electron chi connectivity index (χ4n) is 2.30. The third kappa shape index (κ3) is 3.04. The number of hydrogen-bond donors (Lipinski definition) is 2. The lowest BCUT2D eigenvalue weighted by Crippen LogP contribution is -2.37. The maximum atomic E-state index is 10.4. The van der Waals surface area contributed by atoms with Gasteiger partial charge in [0.15, 0.2) is 5.79 Å². The van der Waals surface area contributed by atoms with Crippen LogP contribution in [0.4, 0.5) is 0 Å². The summed E-state index contributed by atoms with van der Waals surface area (Å²) in [5.74, 6) is -0.838. The standard InChI is InChI=1S/C15H20O4/c1-4-11(16)13-14(19-15(2,3)18-13)12(17)10-8-6-5-7-9-10/h4-9,11-14,16-17H,1H2,2-3H3/t11-,12+,13+,14+/m1/s1. The average Bonchev–Trinajstić information content (AvgIpc) is 2.74. The number of ether oxygens (including phenoxy) is 2. The lowest BCUT2D eigenvalue weighted by atomic mass is 9.97. The minimum Gasteiger partial charge on any atom is -0.386 e. The highest BCUT2D eigenvalue weighted by Crippen LogP contribution is 2.36. The van der Waals surface area contributed by atoms with Gasteiger partial charge in [-0.2, -0.15) is 0 Å². The van der Waals surface area contributed by atoms with Crippen molar-refractivity contribution in [3.05, 3.63) is 48.6 Å². The Bertz CT molecular complexity index is 429. The molecule has 2 rings (SSSR count). The molecule has 1 aromatic carbocycles. The van der Waals surface area contributed by atoms with Gasteiger partial charge in [0.1, 0.15) is 24.4 Å². The highest BCUT2D eigenvalue weighted by atomic mass is 16.8. The highest BCUT2D eigenvalue weighted by molar-refractivity contribution is 5.19. The summed E-state index contributed by atoms with van der Waals surface area (Å²) in [5, 5.41) is 20.3. The monoisotopic (exact) mass is 264 g/mol. The maximum absolute atomic E-state index is 10.4. The van der Waals surface area contributed by atoms with E-state index in [1.165, 1.54) is 6.08 Å². The number of aliphatic hydroxyl groups excluding tert-OH is 2. The third-order valence-corrected chi connectivity index (χ3v) is 3.19. The quantitative estimate of drug-likeness (QED) is 0.814. The smallest absolute Gasteiger partial charge is 0.164 e. The summed E-state index contributed by atoms with van der Waals surface area (Å²) < 4.78 is 11.4. The molecule has 0 radical (unpaired) electrons. The maximum Gasteiger partial charge on any atom is 0.164 e. The van der Waals surface area contributed by atoms with Crippen molar-refractivity contribution in [3.8, 4) is 0 Å². The van der Waals surface area contributed by atoms with Gasteiger partial charge in [0.05, 0.1) is 0 Å². The molecule has 0 unspecified atom stereocenters. The molecule has 4 nitrogen and oxygen atoms in total. The summed E-state index contributed by atoms with van der Waals surface area (Å²) in [6.45, 7) is 7.07. The van der Waals surface area contributed by atoms with E-state index in [0.29, 0.717) is 0 Å². The zero-order valence-electron chi connectivity index (χ0n) is 11.2. The largest absolute Gasteiger partial charge is 0.386 e. The minimum absolute atomic E-state index is 0.634. The fourth-order valence-corrected chi connectivity index (χ4v) is 2.30. The Morgan fingerprint density at radius 2 is 1.74 bits per heavy atom. The molecule has 19 heavy (non-hydrogen) atoms. The lowest BCUT2D eigenvalue weighted by molar-refractivity contribution is -0.159. The Labute approximate surface area is 113 Å². The molecule has 1 aromatic rings. The van der Waals surface area contributed by atoms with Crippen LogP contribution in [0, 0.1) is 0 Å². The molecule has 1 saturated heterocycles. The molecule has 4 heteroatoms. The molecule has 4 atom stereocenters. The first-order valence-electron chi connectivity index (χ1n) is 6.34. The van der Waals surface area contributed by atoms with E-state index in [4.69, 9.17) is 9.47 Å². The van der Waals surface area contributed by atoms with Gasteiger partial charge in [0.25, 0.3) is 0 Å². The van der Waals surface area contributed by atoms with Crippen molar-refractivity contribution in [1.82, 2.24) is 0 Å². The fraction of sp³-hybridized carbons (Fsp3) is 0.467. The van der Waals surface area contributed by atoms with Crippen molar-refractivity contribution in [2.24, 2.45) is 0 Å². The summed E-state index contributed by atoms with van der Waals surface area (Å²) in [6, 6.07) is 9.20. The lowest BCUT2D eigenvalue weighted by Gasteiger charge is -2.24. The zero-order chi connectivity index (χ0) is 14.0. The van der Waals surface area contributed by atoms with E-state index in [9.17, 15) is 10.2 Å². The number of hydrogen-bond acceptors (Lipinski definition) is 4. The number of benzene rings is 1. The van der Waals surface area contributed by atoms with E-state index in [0.717, 1.165) is 5.56 Å². The highest BCUT2D eigenvalue weighted by Gasteiger charge is 2.47. The van der Waals surface area contributed by atoms with Crippen molar-refractivity contribution >= 4 is 0 Å². The Balaban J connectivity index is 2.23. The van der Waals surface area contributed by atoms with Crippen LogP contribution in [0.3, 0.4) is 0 Å². The molecule has 2 N–H and O–H groups in total. The Morgan fingerprint density at radius 3 is 2.32 bits per heavy atom. The molecule has 1 aliphatic heterocycles. The number of rotatable bonds is 4. The molecule has 1 fully saturated rings. The molecule has 104 valence electrons. The average molecular weight is 264 g/mol. The van der Waals surface area contributed by atoms with Crippen molar-refractivity contribution in [2.75, 3.05) is 0 Å². The SMILES string of the molecule is C=C[C@@H](O)[C@@H]1OC(C)(C)O[C@H]1[C@@H](O)c1ccccc1. The number of aliphatic hydroxyl groups is 2. The predicted octanol–water partition coefficient (Wildman–Crippen LogP) is 1.79. The van der Waals surface area contributed by atoms with Gasteiger partial charge < -0.3 is 19.7 Å². The molecule has 0 amide bonds. The second-order valence-corrected chi connectivity index (χ2v) is 5.15. The van der Waals surface area contributed by atoms with Crippen molar-refractivity contribution in [3.63, 3.8) is 0 Å². The van der Waals surface area contributed by atoms with Gasteiger partial charge in [-0.15, -0.1) is 6.58 Å². The van der Waals surface area contributed by atoms with Gasteiger partial charge in [-0.25, -0.2) is 0 Å². The summed E-state index contributed by atoms with van der Waals surface area (Å²) in [5.41, 5.74) is 0.732. The van der Waals surface area contributed by atoms with Gasteiger partial charge in [-0.3, -0.25) is 0 Å². The first kappa shape index (κ1) is 14.2. The van der Waals surface area contributed by atoms with Crippen LogP contribution in [0.15, 0.2) is 43.0 Å². The molecule has 0 bridgehead atoms. The van der Waals surface area contributed by atoms with Crippen molar-refractivity contribution in [1.29, 1.82) is 0 Å². The minimum atomic E-state index is -0.884. The molecule has 1 aliphatic rings. The molecule has 0 aliphatic carbocycles. The van der Waals surface area contributed by atoms with Gasteiger partial charge in [0, 0.05) is 0 Å². The van der Waals surface area contributed by atoms with E-state index >= 15 is 0 Å². The molecule has 0 spiro atoms. The van der Waals surface area contributed by atoms with Crippen LogP contribution in [0.2, 0.25) is 0 Å². The van der Waals surface area contributed by atoms with Gasteiger partial charge in [0.2, 0.25) is 0 Å². The van der Waals surface area contributed by atoms with Crippen LogP contribution in [0.5, 0.6) is 0 Å². The Kier molecular flexibility index (Phi) is 4.06. The molecule has 0 saturated carbocycles. The second kappa shape index (κ2) is 5.43. The normalized spacial score (nSPS) is 28.8. The van der Waals surface area contributed by atoms with E-state index in [-0.39, 0.29) is 0 Å². The van der Waals surface area contributed by atoms with Crippen LogP contribution in [-0.4, -0.2) is 34.3 Å². The predicted molar refractivity (Wildman–Crippen MR) is 71.4 cm³/mol. The van der Waals surface area contributed by atoms with E-state index in [1.54, 1.807) is 13.8 Å². The van der Waals surface area contributed by atoms with E-state index < -0.39 is 30.2 Å². The molecular weight excluding hydrogens is 244 g/mol. The van der Waals surface area contributed by atoms with Crippen LogP contribution in [0.1, 0.15) is 25.5 Å². The molecular formula is C15H20O4. The van der Waals surface area contributed by atoms with Crippen LogP contribution in [0.25, 0.3) is 0 Å². The van der Waals surface area contributed by atoms with Gasteiger partial charge in [-0.1, -0.05) is 36.4 Å². The van der Waals surface area contributed by atoms with Gasteiger partial charge in [-0.05, 0) is 19.4 Å². The molecule has 0 aromatic heterocycles. The first-order valence-corrected chi connectivity index (χ1v) is 6.34. The van der Waals surface area contributed by atoms with Crippen LogP contribution >= 0.6 is 0 Å². The van der Waals surface area contributed by atoms with Crippen LogP contribution in [-0.2, 0) is 9.47 Å². The second-order valence-electron chi connectivity index (χ2n) is 5.15. The zero-order valence-corrected chi connectivity index (χ0v) is 11.2. The molecule has 1 heterocycles. The topological polar surface area (TPSA) is 58.9 Å². The summed E-state index contributed by atoms with van der Waals surface area (Å²) >= 11 is 0. The summed E-state index contributed by atoms with van der Waals surface area (Å²) in [7, 11) is 0. The summed E-state index contributed by atoms with van der Waals surface area (Å²) in [4.78, 5) is 0. The third-order valence-electron chi connectivity index (χ3n) is 3.19. The Morgan fingerprint density at radius 1 is 1.16 bits per heavy atom. The van der Waals surface area contributed by atoms with Gasteiger partial charge >= 0.3 is 0 Å². The first-order chi connectivity index (χ1) is 8.94. The Hall–Kier alpha value is -1.20. The summed E-state index contributed by atoms with van der Waals surface area (Å²) in [6.07, 6.45) is -1.62. The van der Waals surface area contributed by atoms with Crippen LogP contribution < -0.4 is 0 Å². The van der Waals surface area contributed by atoms with Crippen molar-refractivity contribution in [2.45, 2.75) is 44.1 Å².